The van der Waals surface area contributed by atoms with E-state index in [1.165, 1.54) is 6.42 Å². The van der Waals surface area contributed by atoms with Crippen LogP contribution in [0.4, 0.5) is 0 Å². The summed E-state index contributed by atoms with van der Waals surface area (Å²) < 4.78 is 18.2. The van der Waals surface area contributed by atoms with Gasteiger partial charge >= 0.3 is 0 Å². The van der Waals surface area contributed by atoms with Gasteiger partial charge in [-0.25, -0.2) is 0 Å². The van der Waals surface area contributed by atoms with Crippen molar-refractivity contribution in [2.24, 2.45) is 11.8 Å². The van der Waals surface area contributed by atoms with Crippen molar-refractivity contribution in [3.05, 3.63) is 12.2 Å². The van der Waals surface area contributed by atoms with Crippen LogP contribution in [-0.2, 0) is 13.9 Å². The van der Waals surface area contributed by atoms with Crippen molar-refractivity contribution in [2.75, 3.05) is 13.2 Å². The number of allylic oxidation sites excluding steroid dienone is 1. The van der Waals surface area contributed by atoms with Gasteiger partial charge < -0.3 is 19.0 Å². The first-order valence-corrected chi connectivity index (χ1v) is 14.5. The van der Waals surface area contributed by atoms with Crippen LogP contribution in [-0.4, -0.2) is 45.1 Å². The van der Waals surface area contributed by atoms with Gasteiger partial charge in [0.25, 0.3) is 0 Å². The fraction of sp³-hybridized carbons (Fsp3) is 0.840. The lowest BCUT2D eigenvalue weighted by atomic mass is 9.86. The quantitative estimate of drug-likeness (QED) is 0.247. The Bertz CT molecular complexity index is 564. The lowest BCUT2D eigenvalue weighted by molar-refractivity contribution is -0.155. The summed E-state index contributed by atoms with van der Waals surface area (Å²) in [5.74, 6) is 6.23. The maximum Gasteiger partial charge on any atom is 0.192 e. The Morgan fingerprint density at radius 3 is 2.47 bits per heavy atom. The first kappa shape index (κ1) is 27.4. The third-order valence-electron chi connectivity index (χ3n) is 6.60. The van der Waals surface area contributed by atoms with Crippen LogP contribution in [0.25, 0.3) is 0 Å². The third kappa shape index (κ3) is 9.24. The van der Waals surface area contributed by atoms with Gasteiger partial charge in [0.05, 0.1) is 18.8 Å². The molecule has 0 aromatic rings. The molecule has 30 heavy (non-hydrogen) atoms. The average Bonchev–Trinajstić information content (AvgIpc) is 2.69. The monoisotopic (exact) mass is 438 g/mol. The van der Waals surface area contributed by atoms with Gasteiger partial charge in [0.1, 0.15) is 0 Å². The second kappa shape index (κ2) is 13.0. The summed E-state index contributed by atoms with van der Waals surface area (Å²) in [6.07, 6.45) is 8.42. The van der Waals surface area contributed by atoms with Crippen LogP contribution < -0.4 is 0 Å². The molecule has 0 radical (unpaired) electrons. The minimum absolute atomic E-state index is 0.00760. The van der Waals surface area contributed by atoms with Crippen LogP contribution in [0.3, 0.4) is 0 Å². The topological polar surface area (TPSA) is 47.9 Å². The minimum atomic E-state index is -1.96. The Balaban J connectivity index is 2.73. The van der Waals surface area contributed by atoms with Crippen LogP contribution in [0.2, 0.25) is 18.1 Å². The van der Waals surface area contributed by atoms with E-state index in [2.05, 4.69) is 71.7 Å². The van der Waals surface area contributed by atoms with Gasteiger partial charge in [0.15, 0.2) is 14.6 Å². The van der Waals surface area contributed by atoms with Gasteiger partial charge in [0.2, 0.25) is 0 Å². The predicted octanol–water partition coefficient (Wildman–Crippen LogP) is 5.91. The molecule has 1 heterocycles. The molecule has 0 aliphatic carbocycles. The number of ether oxygens (including phenoxy) is 2. The fourth-order valence-corrected chi connectivity index (χ4v) is 4.87. The molecule has 0 bridgehead atoms. The molecule has 1 N–H and O–H groups in total. The molecule has 4 nitrogen and oxygen atoms in total. The van der Waals surface area contributed by atoms with E-state index in [-0.39, 0.29) is 23.4 Å². The highest BCUT2D eigenvalue weighted by molar-refractivity contribution is 6.74. The van der Waals surface area contributed by atoms with Crippen molar-refractivity contribution in [3.8, 4) is 11.8 Å². The first-order chi connectivity index (χ1) is 14.0. The summed E-state index contributed by atoms with van der Waals surface area (Å²) in [5, 5.41) is 10.8. The largest absolute Gasteiger partial charge is 0.413 e. The highest BCUT2D eigenvalue weighted by Crippen LogP contribution is 2.40. The summed E-state index contributed by atoms with van der Waals surface area (Å²) in [4.78, 5) is 0. The van der Waals surface area contributed by atoms with E-state index in [9.17, 15) is 5.11 Å². The van der Waals surface area contributed by atoms with E-state index in [1.54, 1.807) is 0 Å². The normalized spacial score (nSPS) is 22.2. The SMILES string of the molecule is CC#CC[C@H](O)[C@@H](C)[C@H](O[Si](C)(C)C(C)(C)C)[C@H](C)C/C=C\COC1CCCCO1. The Labute approximate surface area is 186 Å². The number of aliphatic hydroxyl groups excluding tert-OH is 1. The molecule has 1 saturated heterocycles. The Kier molecular flexibility index (Phi) is 11.9. The van der Waals surface area contributed by atoms with E-state index in [4.69, 9.17) is 13.9 Å². The smallest absolute Gasteiger partial charge is 0.192 e. The van der Waals surface area contributed by atoms with Crippen LogP contribution in [0, 0.1) is 23.7 Å². The van der Waals surface area contributed by atoms with E-state index in [0.717, 1.165) is 25.9 Å². The molecule has 1 unspecified atom stereocenters. The van der Waals surface area contributed by atoms with Gasteiger partial charge in [-0.1, -0.05) is 46.8 Å². The van der Waals surface area contributed by atoms with Crippen LogP contribution in [0.5, 0.6) is 0 Å². The third-order valence-corrected chi connectivity index (χ3v) is 11.1. The van der Waals surface area contributed by atoms with Gasteiger partial charge in [-0.2, -0.15) is 0 Å². The molecule has 5 heteroatoms. The summed E-state index contributed by atoms with van der Waals surface area (Å²) in [5.41, 5.74) is 0. The van der Waals surface area contributed by atoms with Gasteiger partial charge in [-0.3, -0.25) is 0 Å². The summed E-state index contributed by atoms with van der Waals surface area (Å²) in [7, 11) is -1.96. The Hall–Kier alpha value is -0.643. The molecule has 0 saturated carbocycles. The molecule has 0 spiro atoms. The summed E-state index contributed by atoms with van der Waals surface area (Å²) in [6, 6.07) is 0. The van der Waals surface area contributed by atoms with E-state index < -0.39 is 14.4 Å². The lowest BCUT2D eigenvalue weighted by Crippen LogP contribution is -2.49. The van der Waals surface area contributed by atoms with Gasteiger partial charge in [0, 0.05) is 18.9 Å². The lowest BCUT2D eigenvalue weighted by Gasteiger charge is -2.43. The van der Waals surface area contributed by atoms with Gasteiger partial charge in [-0.15, -0.1) is 11.8 Å². The van der Waals surface area contributed by atoms with Crippen molar-refractivity contribution < 1.29 is 19.0 Å². The molecule has 1 rings (SSSR count). The number of rotatable bonds is 11. The van der Waals surface area contributed by atoms with Crippen molar-refractivity contribution in [1.82, 2.24) is 0 Å². The van der Waals surface area contributed by atoms with E-state index in [1.807, 2.05) is 6.92 Å². The molecule has 1 aliphatic heterocycles. The Morgan fingerprint density at radius 2 is 1.90 bits per heavy atom. The van der Waals surface area contributed by atoms with E-state index in [0.29, 0.717) is 18.9 Å². The van der Waals surface area contributed by atoms with Crippen LogP contribution >= 0.6 is 0 Å². The fourth-order valence-electron chi connectivity index (χ4n) is 3.39. The van der Waals surface area contributed by atoms with Crippen molar-refractivity contribution >= 4 is 8.32 Å². The maximum absolute atomic E-state index is 10.7. The van der Waals surface area contributed by atoms with Crippen LogP contribution in [0.15, 0.2) is 12.2 Å². The summed E-state index contributed by atoms with van der Waals surface area (Å²) >= 11 is 0. The number of aliphatic hydroxyl groups is 1. The molecule has 1 fully saturated rings. The second-order valence-electron chi connectivity index (χ2n) is 10.2. The zero-order valence-electron chi connectivity index (χ0n) is 20.7. The molecule has 5 atom stereocenters. The molecule has 0 aromatic heterocycles. The molecule has 1 aliphatic rings. The Morgan fingerprint density at radius 1 is 1.20 bits per heavy atom. The highest BCUT2D eigenvalue weighted by atomic mass is 28.4. The number of hydrogen-bond donors (Lipinski definition) is 1. The van der Waals surface area contributed by atoms with E-state index >= 15 is 0 Å². The molecule has 0 amide bonds. The zero-order valence-corrected chi connectivity index (χ0v) is 21.7. The van der Waals surface area contributed by atoms with Gasteiger partial charge in [-0.05, 0) is 56.7 Å². The molecule has 174 valence electrons. The number of hydrogen-bond acceptors (Lipinski definition) is 4. The standard InChI is InChI=1S/C25H46O4Si/c1-9-10-16-22(26)21(3)24(29-30(7,8)25(4,5)6)20(2)15-11-13-18-27-23-17-12-14-19-28-23/h11,13,20-24,26H,12,14-19H2,1-8H3/b13-11-/t20-,21-,22+,23?,24-/m1/s1. The highest BCUT2D eigenvalue weighted by Gasteiger charge is 2.42. The van der Waals surface area contributed by atoms with Crippen molar-refractivity contribution in [1.29, 1.82) is 0 Å². The van der Waals surface area contributed by atoms with Crippen molar-refractivity contribution in [3.63, 3.8) is 0 Å². The maximum atomic E-state index is 10.7. The van der Waals surface area contributed by atoms with Crippen molar-refractivity contribution in [2.45, 2.75) is 110 Å². The first-order valence-electron chi connectivity index (χ1n) is 11.6. The van der Waals surface area contributed by atoms with Crippen LogP contribution in [0.1, 0.15) is 73.6 Å². The second-order valence-corrected chi connectivity index (χ2v) is 15.0. The molecule has 0 aromatic carbocycles. The minimum Gasteiger partial charge on any atom is -0.413 e. The predicted molar refractivity (Wildman–Crippen MR) is 128 cm³/mol. The molecular formula is C25H46O4Si. The average molecular weight is 439 g/mol. The summed E-state index contributed by atoms with van der Waals surface area (Å²) in [6.45, 7) is 18.9. The molecular weight excluding hydrogens is 392 g/mol. The zero-order chi connectivity index (χ0) is 22.8.